The van der Waals surface area contributed by atoms with Gasteiger partial charge < -0.3 is 4.57 Å². The maximum absolute atomic E-state index is 4.52. The molecule has 0 radical (unpaired) electrons. The number of hydrogen-bond acceptors (Lipinski definition) is 1. The molecule has 17 heavy (non-hydrogen) atoms. The van der Waals surface area contributed by atoms with Crippen LogP contribution in [-0.2, 0) is 5.54 Å². The van der Waals surface area contributed by atoms with E-state index in [-0.39, 0.29) is 5.54 Å². The number of rotatable bonds is 0. The molecule has 0 fully saturated rings. The van der Waals surface area contributed by atoms with E-state index in [1.807, 2.05) is 12.3 Å². The molecule has 0 aliphatic rings. The summed E-state index contributed by atoms with van der Waals surface area (Å²) >= 11 is 0. The molecule has 0 atom stereocenters. The molecule has 0 N–H and O–H groups in total. The van der Waals surface area contributed by atoms with Gasteiger partial charge in [0.05, 0.1) is 16.6 Å². The van der Waals surface area contributed by atoms with Gasteiger partial charge in [-0.15, -0.1) is 0 Å². The SMILES string of the molecule is CC(C)(C)n1c2ccccc2c2ncccc21. The maximum atomic E-state index is 4.52. The van der Waals surface area contributed by atoms with Crippen LogP contribution in [0.1, 0.15) is 20.8 Å². The van der Waals surface area contributed by atoms with E-state index in [0.29, 0.717) is 0 Å². The van der Waals surface area contributed by atoms with Gasteiger partial charge in [-0.25, -0.2) is 0 Å². The molecule has 86 valence electrons. The number of nitrogens with zero attached hydrogens (tertiary/aromatic N) is 2. The molecule has 3 aromatic rings. The van der Waals surface area contributed by atoms with Crippen molar-refractivity contribution in [2.45, 2.75) is 26.3 Å². The summed E-state index contributed by atoms with van der Waals surface area (Å²) in [4.78, 5) is 4.52. The molecule has 0 saturated heterocycles. The van der Waals surface area contributed by atoms with Gasteiger partial charge in [0.1, 0.15) is 0 Å². The second-order valence-corrected chi connectivity index (χ2v) is 5.39. The van der Waals surface area contributed by atoms with Crippen LogP contribution in [-0.4, -0.2) is 9.55 Å². The van der Waals surface area contributed by atoms with Gasteiger partial charge in [-0.3, -0.25) is 4.98 Å². The number of pyridine rings is 1. The Hall–Kier alpha value is -1.83. The summed E-state index contributed by atoms with van der Waals surface area (Å²) in [6, 6.07) is 12.6. The van der Waals surface area contributed by atoms with Crippen LogP contribution < -0.4 is 0 Å². The normalized spacial score (nSPS) is 12.4. The lowest BCUT2D eigenvalue weighted by Gasteiger charge is -2.23. The number of benzene rings is 1. The molecular weight excluding hydrogens is 208 g/mol. The van der Waals surface area contributed by atoms with Crippen LogP contribution in [0.25, 0.3) is 21.9 Å². The van der Waals surface area contributed by atoms with E-state index in [9.17, 15) is 0 Å². The number of para-hydroxylation sites is 1. The van der Waals surface area contributed by atoms with Crippen molar-refractivity contribution in [3.05, 3.63) is 42.6 Å². The van der Waals surface area contributed by atoms with Gasteiger partial charge in [0.15, 0.2) is 0 Å². The van der Waals surface area contributed by atoms with E-state index >= 15 is 0 Å². The van der Waals surface area contributed by atoms with Gasteiger partial charge in [0.2, 0.25) is 0 Å². The Morgan fingerprint density at radius 1 is 0.941 bits per heavy atom. The topological polar surface area (TPSA) is 17.8 Å². The molecule has 0 amide bonds. The van der Waals surface area contributed by atoms with Gasteiger partial charge in [0.25, 0.3) is 0 Å². The zero-order valence-corrected chi connectivity index (χ0v) is 10.4. The number of fused-ring (bicyclic) bond motifs is 3. The van der Waals surface area contributed by atoms with Gasteiger partial charge in [-0.1, -0.05) is 18.2 Å². The Kier molecular flexibility index (Phi) is 2.02. The molecule has 3 rings (SSSR count). The quantitative estimate of drug-likeness (QED) is 0.565. The van der Waals surface area contributed by atoms with Crippen LogP contribution in [0.5, 0.6) is 0 Å². The van der Waals surface area contributed by atoms with Gasteiger partial charge >= 0.3 is 0 Å². The molecule has 0 aliphatic heterocycles. The zero-order chi connectivity index (χ0) is 12.0. The van der Waals surface area contributed by atoms with Crippen LogP contribution in [0.2, 0.25) is 0 Å². The largest absolute Gasteiger partial charge is 0.334 e. The number of aromatic nitrogens is 2. The van der Waals surface area contributed by atoms with Crippen molar-refractivity contribution in [2.75, 3.05) is 0 Å². The van der Waals surface area contributed by atoms with Crippen LogP contribution in [0.4, 0.5) is 0 Å². The molecule has 0 bridgehead atoms. The lowest BCUT2D eigenvalue weighted by atomic mass is 10.1. The highest BCUT2D eigenvalue weighted by molar-refractivity contribution is 6.05. The summed E-state index contributed by atoms with van der Waals surface area (Å²) in [5, 5.41) is 1.23. The zero-order valence-electron chi connectivity index (χ0n) is 10.4. The second kappa shape index (κ2) is 3.33. The van der Waals surface area contributed by atoms with Crippen molar-refractivity contribution in [1.82, 2.24) is 9.55 Å². The Morgan fingerprint density at radius 2 is 1.65 bits per heavy atom. The summed E-state index contributed by atoms with van der Waals surface area (Å²) in [6.07, 6.45) is 1.86. The average molecular weight is 224 g/mol. The van der Waals surface area contributed by atoms with E-state index in [1.54, 1.807) is 0 Å². The minimum atomic E-state index is 0.0599. The van der Waals surface area contributed by atoms with E-state index in [1.165, 1.54) is 16.4 Å². The van der Waals surface area contributed by atoms with Crippen molar-refractivity contribution in [3.63, 3.8) is 0 Å². The van der Waals surface area contributed by atoms with E-state index in [0.717, 1.165) is 5.52 Å². The first kappa shape index (κ1) is 10.3. The van der Waals surface area contributed by atoms with Crippen molar-refractivity contribution in [2.24, 2.45) is 0 Å². The first-order valence-electron chi connectivity index (χ1n) is 5.94. The highest BCUT2D eigenvalue weighted by atomic mass is 15.1. The van der Waals surface area contributed by atoms with E-state index < -0.39 is 0 Å². The highest BCUT2D eigenvalue weighted by Crippen LogP contribution is 2.32. The van der Waals surface area contributed by atoms with Crippen LogP contribution in [0.15, 0.2) is 42.6 Å². The third-order valence-corrected chi connectivity index (χ3v) is 3.10. The summed E-state index contributed by atoms with van der Waals surface area (Å²) in [5.74, 6) is 0. The monoisotopic (exact) mass is 224 g/mol. The Balaban J connectivity index is 2.60. The minimum absolute atomic E-state index is 0.0599. The first-order chi connectivity index (χ1) is 8.09. The molecule has 0 spiro atoms. The standard InChI is InChI=1S/C15H16N2/c1-15(2,3)17-12-8-5-4-7-11(12)14-13(17)9-6-10-16-14/h4-10H,1-3H3. The van der Waals surface area contributed by atoms with Crippen molar-refractivity contribution >= 4 is 21.9 Å². The maximum Gasteiger partial charge on any atom is 0.0959 e. The van der Waals surface area contributed by atoms with Gasteiger partial charge in [-0.2, -0.15) is 0 Å². The predicted molar refractivity (Wildman–Crippen MR) is 72.2 cm³/mol. The predicted octanol–water partition coefficient (Wildman–Crippen LogP) is 3.94. The highest BCUT2D eigenvalue weighted by Gasteiger charge is 2.20. The first-order valence-corrected chi connectivity index (χ1v) is 5.94. The smallest absolute Gasteiger partial charge is 0.0959 e. The van der Waals surface area contributed by atoms with Crippen molar-refractivity contribution in [3.8, 4) is 0 Å². The van der Waals surface area contributed by atoms with E-state index in [2.05, 4.69) is 60.7 Å². The van der Waals surface area contributed by atoms with Crippen LogP contribution in [0, 0.1) is 0 Å². The summed E-state index contributed by atoms with van der Waals surface area (Å²) in [5.41, 5.74) is 3.62. The third-order valence-electron chi connectivity index (χ3n) is 3.10. The molecule has 2 heterocycles. The minimum Gasteiger partial charge on any atom is -0.334 e. The average Bonchev–Trinajstić information content (AvgIpc) is 2.63. The molecule has 1 aromatic carbocycles. The van der Waals surface area contributed by atoms with Crippen molar-refractivity contribution in [1.29, 1.82) is 0 Å². The Morgan fingerprint density at radius 3 is 2.41 bits per heavy atom. The van der Waals surface area contributed by atoms with Gasteiger partial charge in [0, 0.05) is 17.1 Å². The van der Waals surface area contributed by atoms with Gasteiger partial charge in [-0.05, 0) is 39.0 Å². The second-order valence-electron chi connectivity index (χ2n) is 5.39. The molecule has 0 aliphatic carbocycles. The molecule has 2 nitrogen and oxygen atoms in total. The Labute approximate surface area is 101 Å². The molecule has 2 aromatic heterocycles. The lowest BCUT2D eigenvalue weighted by Crippen LogP contribution is -2.21. The fraction of sp³-hybridized carbons (Fsp3) is 0.267. The van der Waals surface area contributed by atoms with Crippen LogP contribution in [0.3, 0.4) is 0 Å². The summed E-state index contributed by atoms with van der Waals surface area (Å²) < 4.78 is 2.37. The van der Waals surface area contributed by atoms with Crippen molar-refractivity contribution < 1.29 is 0 Å². The summed E-state index contributed by atoms with van der Waals surface area (Å²) in [7, 11) is 0. The Bertz CT molecular complexity index is 634. The molecular formula is C15H16N2. The van der Waals surface area contributed by atoms with Crippen LogP contribution >= 0.6 is 0 Å². The third kappa shape index (κ3) is 1.44. The van der Waals surface area contributed by atoms with E-state index in [4.69, 9.17) is 0 Å². The summed E-state index contributed by atoms with van der Waals surface area (Å²) in [6.45, 7) is 6.68. The molecule has 2 heteroatoms. The fourth-order valence-corrected chi connectivity index (χ4v) is 2.51. The fourth-order valence-electron chi connectivity index (χ4n) is 2.51. The number of hydrogen-bond donors (Lipinski definition) is 0. The molecule has 0 unspecified atom stereocenters. The lowest BCUT2D eigenvalue weighted by molar-refractivity contribution is 0.423. The molecule has 0 saturated carbocycles.